The molecule has 0 radical (unpaired) electrons. The summed E-state index contributed by atoms with van der Waals surface area (Å²) in [5.74, 6) is 0. The number of aryl methyl sites for hydroxylation is 1. The molecule has 2 rings (SSSR count). The number of benzene rings is 2. The second kappa shape index (κ2) is 5.87. The monoisotopic (exact) mass is 323 g/mol. The lowest BCUT2D eigenvalue weighted by atomic mass is 9.95. The molecule has 2 aromatic rings. The first-order valence-electron chi connectivity index (χ1n) is 5.81. The normalized spacial score (nSPS) is 12.4. The first kappa shape index (κ1) is 13.6. The Bertz CT molecular complexity index is 554. The highest BCUT2D eigenvalue weighted by Crippen LogP contribution is 2.31. The van der Waals surface area contributed by atoms with Crippen molar-refractivity contribution in [1.82, 2.24) is 5.32 Å². The summed E-state index contributed by atoms with van der Waals surface area (Å²) in [5, 5.41) is 4.11. The minimum Gasteiger partial charge on any atom is -0.309 e. The highest BCUT2D eigenvalue weighted by Gasteiger charge is 2.16. The smallest absolute Gasteiger partial charge is 0.0588 e. The Morgan fingerprint density at radius 2 is 1.83 bits per heavy atom. The summed E-state index contributed by atoms with van der Waals surface area (Å²) < 4.78 is 1.06. The molecule has 1 atom stereocenters. The zero-order valence-corrected chi connectivity index (χ0v) is 12.7. The summed E-state index contributed by atoms with van der Waals surface area (Å²) >= 11 is 9.69. The van der Waals surface area contributed by atoms with Gasteiger partial charge in [-0.3, -0.25) is 0 Å². The molecule has 0 aromatic heterocycles. The maximum atomic E-state index is 6.10. The fourth-order valence-corrected chi connectivity index (χ4v) is 2.78. The summed E-state index contributed by atoms with van der Waals surface area (Å²) in [7, 11) is 1.96. The average Bonchev–Trinajstić information content (AvgIpc) is 2.36. The van der Waals surface area contributed by atoms with Crippen molar-refractivity contribution in [3.8, 4) is 0 Å². The Hall–Kier alpha value is -0.830. The van der Waals surface area contributed by atoms with E-state index in [9.17, 15) is 0 Å². The van der Waals surface area contributed by atoms with Crippen LogP contribution in [0.1, 0.15) is 22.7 Å². The molecule has 0 fully saturated rings. The van der Waals surface area contributed by atoms with Gasteiger partial charge < -0.3 is 5.32 Å². The summed E-state index contributed by atoms with van der Waals surface area (Å²) in [4.78, 5) is 0. The molecule has 1 N–H and O–H groups in total. The van der Waals surface area contributed by atoms with Crippen molar-refractivity contribution in [3.63, 3.8) is 0 Å². The zero-order chi connectivity index (χ0) is 13.1. The van der Waals surface area contributed by atoms with Crippen LogP contribution in [0.15, 0.2) is 46.9 Å². The van der Waals surface area contributed by atoms with Crippen LogP contribution < -0.4 is 5.32 Å². The highest BCUT2D eigenvalue weighted by atomic mass is 79.9. The van der Waals surface area contributed by atoms with Crippen molar-refractivity contribution in [1.29, 1.82) is 0 Å². The van der Waals surface area contributed by atoms with E-state index in [1.54, 1.807) is 0 Å². The number of hydrogen-bond donors (Lipinski definition) is 1. The Kier molecular flexibility index (Phi) is 4.44. The van der Waals surface area contributed by atoms with E-state index in [2.05, 4.69) is 52.4 Å². The van der Waals surface area contributed by atoms with Gasteiger partial charge in [-0.05, 0) is 48.9 Å². The molecule has 1 nitrogen and oxygen atoms in total. The molecule has 0 heterocycles. The number of halogens is 2. The third kappa shape index (κ3) is 2.77. The minimum absolute atomic E-state index is 0.138. The standard InChI is InChI=1S/C15H15BrClN/c1-10-5-3-4-6-12(10)15(18-2)13-9-11(17)7-8-14(13)16/h3-9,15,18H,1-2H3. The maximum absolute atomic E-state index is 6.10. The predicted octanol–water partition coefficient (Wildman–Crippen LogP) is 4.72. The van der Waals surface area contributed by atoms with Crippen molar-refractivity contribution in [2.24, 2.45) is 0 Å². The molecule has 0 aliphatic carbocycles. The number of nitrogens with one attached hydrogen (secondary N) is 1. The van der Waals surface area contributed by atoms with E-state index < -0.39 is 0 Å². The fourth-order valence-electron chi connectivity index (χ4n) is 2.13. The molecule has 0 amide bonds. The predicted molar refractivity (Wildman–Crippen MR) is 81.2 cm³/mol. The van der Waals surface area contributed by atoms with Crippen LogP contribution >= 0.6 is 27.5 Å². The van der Waals surface area contributed by atoms with Gasteiger partial charge >= 0.3 is 0 Å². The number of hydrogen-bond acceptors (Lipinski definition) is 1. The van der Waals surface area contributed by atoms with Crippen molar-refractivity contribution in [2.75, 3.05) is 7.05 Å². The molecule has 0 bridgehead atoms. The molecule has 2 aromatic carbocycles. The topological polar surface area (TPSA) is 12.0 Å². The molecule has 18 heavy (non-hydrogen) atoms. The third-order valence-corrected chi connectivity index (χ3v) is 4.01. The van der Waals surface area contributed by atoms with Crippen LogP contribution in [0.3, 0.4) is 0 Å². The molecular weight excluding hydrogens is 310 g/mol. The van der Waals surface area contributed by atoms with Gasteiger partial charge in [-0.25, -0.2) is 0 Å². The van der Waals surface area contributed by atoms with Crippen LogP contribution in [0, 0.1) is 6.92 Å². The van der Waals surface area contributed by atoms with Crippen molar-refractivity contribution in [3.05, 3.63) is 68.7 Å². The first-order chi connectivity index (χ1) is 8.63. The van der Waals surface area contributed by atoms with Crippen LogP contribution in [0.4, 0.5) is 0 Å². The Balaban J connectivity index is 2.52. The second-order valence-corrected chi connectivity index (χ2v) is 5.53. The van der Waals surface area contributed by atoms with Gasteiger partial charge in [0, 0.05) is 9.50 Å². The molecule has 0 spiro atoms. The van der Waals surface area contributed by atoms with Gasteiger partial charge in [0.1, 0.15) is 0 Å². The zero-order valence-electron chi connectivity index (χ0n) is 10.4. The number of rotatable bonds is 3. The van der Waals surface area contributed by atoms with Crippen LogP contribution in [0.5, 0.6) is 0 Å². The van der Waals surface area contributed by atoms with E-state index in [1.165, 1.54) is 11.1 Å². The van der Waals surface area contributed by atoms with E-state index in [0.29, 0.717) is 0 Å². The van der Waals surface area contributed by atoms with Gasteiger partial charge in [0.15, 0.2) is 0 Å². The summed E-state index contributed by atoms with van der Waals surface area (Å²) in [5.41, 5.74) is 3.69. The van der Waals surface area contributed by atoms with Gasteiger partial charge in [0.05, 0.1) is 6.04 Å². The van der Waals surface area contributed by atoms with Gasteiger partial charge in [0.25, 0.3) is 0 Å². The Morgan fingerprint density at radius 1 is 1.11 bits per heavy atom. The second-order valence-electron chi connectivity index (χ2n) is 4.24. The third-order valence-electron chi connectivity index (χ3n) is 3.06. The van der Waals surface area contributed by atoms with E-state index >= 15 is 0 Å². The van der Waals surface area contributed by atoms with Gasteiger partial charge in [0.2, 0.25) is 0 Å². The largest absolute Gasteiger partial charge is 0.309 e. The van der Waals surface area contributed by atoms with Crippen LogP contribution in [0.25, 0.3) is 0 Å². The van der Waals surface area contributed by atoms with E-state index in [-0.39, 0.29) is 6.04 Å². The maximum Gasteiger partial charge on any atom is 0.0588 e. The molecule has 1 unspecified atom stereocenters. The van der Waals surface area contributed by atoms with Gasteiger partial charge in [-0.1, -0.05) is 51.8 Å². The lowest BCUT2D eigenvalue weighted by molar-refractivity contribution is 0.685. The van der Waals surface area contributed by atoms with E-state index in [0.717, 1.165) is 15.1 Å². The summed E-state index contributed by atoms with van der Waals surface area (Å²) in [6, 6.07) is 14.4. The molecule has 0 saturated carbocycles. The van der Waals surface area contributed by atoms with E-state index in [4.69, 9.17) is 11.6 Å². The lowest BCUT2D eigenvalue weighted by Gasteiger charge is -2.21. The molecule has 94 valence electrons. The average molecular weight is 325 g/mol. The minimum atomic E-state index is 0.138. The lowest BCUT2D eigenvalue weighted by Crippen LogP contribution is -2.19. The molecule has 0 saturated heterocycles. The van der Waals surface area contributed by atoms with Crippen molar-refractivity contribution >= 4 is 27.5 Å². The van der Waals surface area contributed by atoms with Crippen LogP contribution in [0.2, 0.25) is 5.02 Å². The molecule has 0 aliphatic heterocycles. The van der Waals surface area contributed by atoms with Crippen molar-refractivity contribution < 1.29 is 0 Å². The van der Waals surface area contributed by atoms with Crippen molar-refractivity contribution in [2.45, 2.75) is 13.0 Å². The molecule has 0 aliphatic rings. The van der Waals surface area contributed by atoms with Crippen LogP contribution in [-0.4, -0.2) is 7.05 Å². The Morgan fingerprint density at radius 3 is 2.50 bits per heavy atom. The Labute approximate surface area is 121 Å². The molecular formula is C15H15BrClN. The highest BCUT2D eigenvalue weighted by molar-refractivity contribution is 9.10. The first-order valence-corrected chi connectivity index (χ1v) is 6.98. The molecule has 3 heteroatoms. The summed E-state index contributed by atoms with van der Waals surface area (Å²) in [6.07, 6.45) is 0. The summed E-state index contributed by atoms with van der Waals surface area (Å²) in [6.45, 7) is 2.12. The fraction of sp³-hybridized carbons (Fsp3) is 0.200. The SMILES string of the molecule is CNC(c1ccccc1C)c1cc(Cl)ccc1Br. The van der Waals surface area contributed by atoms with Gasteiger partial charge in [-0.15, -0.1) is 0 Å². The van der Waals surface area contributed by atoms with Gasteiger partial charge in [-0.2, -0.15) is 0 Å². The quantitative estimate of drug-likeness (QED) is 0.861. The van der Waals surface area contributed by atoms with Crippen LogP contribution in [-0.2, 0) is 0 Å². The van der Waals surface area contributed by atoms with E-state index in [1.807, 2.05) is 25.2 Å².